The molecule has 0 saturated carbocycles. The maximum atomic E-state index is 5.97. The number of guanidine groups is 1. The predicted molar refractivity (Wildman–Crippen MR) is 138 cm³/mol. The molecule has 1 fully saturated rings. The molecular weight excluding hydrogens is 525 g/mol. The van der Waals surface area contributed by atoms with E-state index in [0.29, 0.717) is 13.2 Å². The van der Waals surface area contributed by atoms with E-state index in [4.69, 9.17) is 14.5 Å². The van der Waals surface area contributed by atoms with Gasteiger partial charge in [0.25, 0.3) is 0 Å². The van der Waals surface area contributed by atoms with Crippen LogP contribution in [0.25, 0.3) is 0 Å². The molecule has 1 saturated heterocycles. The first-order valence-corrected chi connectivity index (χ1v) is 11.4. The van der Waals surface area contributed by atoms with Gasteiger partial charge in [0, 0.05) is 38.6 Å². The van der Waals surface area contributed by atoms with Gasteiger partial charge < -0.3 is 19.7 Å². The molecule has 172 valence electrons. The number of aryl methyl sites for hydroxylation is 1. The van der Waals surface area contributed by atoms with Gasteiger partial charge >= 0.3 is 0 Å². The van der Waals surface area contributed by atoms with Gasteiger partial charge in [-0.25, -0.2) is 9.98 Å². The van der Waals surface area contributed by atoms with Gasteiger partial charge in [0.15, 0.2) is 5.96 Å². The second-order valence-electron chi connectivity index (χ2n) is 7.33. The molecule has 0 aliphatic carbocycles. The number of ether oxygens (including phenoxy) is 2. The molecule has 1 aromatic heterocycles. The monoisotopic (exact) mass is 559 g/mol. The first-order chi connectivity index (χ1) is 14.6. The molecule has 31 heavy (non-hydrogen) atoms. The number of benzene rings is 1. The SMILES string of the molecule is CCNC(=NCc1cccc(OCCN2CCOCC2)c1)N(C)Cc1csc(C)n1.I. The molecule has 0 radical (unpaired) electrons. The van der Waals surface area contributed by atoms with Crippen LogP contribution in [-0.4, -0.2) is 73.8 Å². The molecule has 0 amide bonds. The molecule has 1 N–H and O–H groups in total. The standard InChI is InChI=1S/C22H33N5O2S.HI/c1-4-23-22(26(3)16-20-17-30-18(2)25-20)24-15-19-6-5-7-21(14-19)29-13-10-27-8-11-28-12-9-27;/h5-7,14,17H,4,8-13,15-16H2,1-3H3,(H,23,24);1H. The van der Waals surface area contributed by atoms with Crippen molar-refractivity contribution in [3.63, 3.8) is 0 Å². The maximum absolute atomic E-state index is 5.97. The number of halogens is 1. The Balaban J connectivity index is 0.00000341. The van der Waals surface area contributed by atoms with Crippen molar-refractivity contribution in [3.8, 4) is 5.75 Å². The van der Waals surface area contributed by atoms with Crippen molar-refractivity contribution in [2.75, 3.05) is 53.0 Å². The van der Waals surface area contributed by atoms with Crippen LogP contribution in [0, 0.1) is 6.92 Å². The lowest BCUT2D eigenvalue weighted by Crippen LogP contribution is -2.38. The summed E-state index contributed by atoms with van der Waals surface area (Å²) in [7, 11) is 2.04. The van der Waals surface area contributed by atoms with Crippen LogP contribution < -0.4 is 10.1 Å². The molecule has 1 aromatic carbocycles. The van der Waals surface area contributed by atoms with Crippen LogP contribution in [0.5, 0.6) is 5.75 Å². The third-order valence-corrected chi connectivity index (χ3v) is 5.67. The van der Waals surface area contributed by atoms with Gasteiger partial charge in [0.1, 0.15) is 12.4 Å². The lowest BCUT2D eigenvalue weighted by atomic mass is 10.2. The van der Waals surface area contributed by atoms with Crippen molar-refractivity contribution in [2.45, 2.75) is 26.9 Å². The Morgan fingerprint density at radius 1 is 1.35 bits per heavy atom. The molecule has 1 aliphatic rings. The minimum absolute atomic E-state index is 0. The van der Waals surface area contributed by atoms with E-state index in [0.717, 1.165) is 73.9 Å². The van der Waals surface area contributed by atoms with Crippen LogP contribution in [-0.2, 0) is 17.8 Å². The van der Waals surface area contributed by atoms with Crippen LogP contribution >= 0.6 is 35.3 Å². The molecule has 0 atom stereocenters. The largest absolute Gasteiger partial charge is 0.492 e. The summed E-state index contributed by atoms with van der Waals surface area (Å²) in [5.41, 5.74) is 2.20. The highest BCUT2D eigenvalue weighted by molar-refractivity contribution is 14.0. The van der Waals surface area contributed by atoms with Crippen LogP contribution in [0.1, 0.15) is 23.2 Å². The summed E-state index contributed by atoms with van der Waals surface area (Å²) in [6.07, 6.45) is 0. The number of nitrogens with one attached hydrogen (secondary N) is 1. The number of hydrogen-bond acceptors (Lipinski definition) is 6. The first kappa shape index (κ1) is 25.8. The summed E-state index contributed by atoms with van der Waals surface area (Å²) in [5.74, 6) is 1.77. The number of morpholine rings is 1. The number of hydrogen-bond donors (Lipinski definition) is 1. The van der Waals surface area contributed by atoms with Crippen molar-refractivity contribution in [2.24, 2.45) is 4.99 Å². The Labute approximate surface area is 206 Å². The van der Waals surface area contributed by atoms with Crippen molar-refractivity contribution < 1.29 is 9.47 Å². The summed E-state index contributed by atoms with van der Waals surface area (Å²) in [4.78, 5) is 13.9. The van der Waals surface area contributed by atoms with Crippen LogP contribution in [0.4, 0.5) is 0 Å². The highest BCUT2D eigenvalue weighted by atomic mass is 127. The number of aliphatic imine (C=N–C) groups is 1. The normalized spacial score (nSPS) is 14.7. The second-order valence-corrected chi connectivity index (χ2v) is 8.40. The summed E-state index contributed by atoms with van der Waals surface area (Å²) >= 11 is 1.68. The lowest BCUT2D eigenvalue weighted by molar-refractivity contribution is 0.0322. The highest BCUT2D eigenvalue weighted by Gasteiger charge is 2.10. The summed E-state index contributed by atoms with van der Waals surface area (Å²) in [5, 5.41) is 6.56. The van der Waals surface area contributed by atoms with Crippen molar-refractivity contribution in [1.29, 1.82) is 0 Å². The summed E-state index contributed by atoms with van der Waals surface area (Å²) in [6, 6.07) is 8.21. The molecule has 9 heteroatoms. The minimum atomic E-state index is 0. The van der Waals surface area contributed by atoms with Crippen LogP contribution in [0.3, 0.4) is 0 Å². The third-order valence-electron chi connectivity index (χ3n) is 4.85. The van der Waals surface area contributed by atoms with Gasteiger partial charge in [0.2, 0.25) is 0 Å². The van der Waals surface area contributed by atoms with Crippen molar-refractivity contribution >= 4 is 41.3 Å². The molecule has 0 unspecified atom stereocenters. The second kappa shape index (κ2) is 13.9. The van der Waals surface area contributed by atoms with Gasteiger partial charge in [0.05, 0.1) is 37.0 Å². The Bertz CT molecular complexity index is 811. The summed E-state index contributed by atoms with van der Waals surface area (Å²) in [6.45, 7) is 11.5. The third kappa shape index (κ3) is 8.91. The van der Waals surface area contributed by atoms with Crippen LogP contribution in [0.2, 0.25) is 0 Å². The van der Waals surface area contributed by atoms with E-state index < -0.39 is 0 Å². The summed E-state index contributed by atoms with van der Waals surface area (Å²) < 4.78 is 11.4. The van der Waals surface area contributed by atoms with Crippen molar-refractivity contribution in [1.82, 2.24) is 20.1 Å². The van der Waals surface area contributed by atoms with E-state index in [1.165, 1.54) is 0 Å². The van der Waals surface area contributed by atoms with Gasteiger partial charge in [-0.1, -0.05) is 12.1 Å². The molecule has 2 aromatic rings. The number of rotatable bonds is 9. The molecule has 1 aliphatic heterocycles. The van der Waals surface area contributed by atoms with E-state index in [1.54, 1.807) is 11.3 Å². The fourth-order valence-electron chi connectivity index (χ4n) is 3.29. The van der Waals surface area contributed by atoms with Crippen molar-refractivity contribution in [3.05, 3.63) is 45.9 Å². The lowest BCUT2D eigenvalue weighted by Gasteiger charge is -2.26. The fraction of sp³-hybridized carbons (Fsp3) is 0.545. The fourth-order valence-corrected chi connectivity index (χ4v) is 3.89. The van der Waals surface area contributed by atoms with Crippen LogP contribution in [0.15, 0.2) is 34.6 Å². The van der Waals surface area contributed by atoms with Gasteiger partial charge in [-0.05, 0) is 31.5 Å². The number of nitrogens with zero attached hydrogens (tertiary/aromatic N) is 4. The molecular formula is C22H34IN5O2S. The Morgan fingerprint density at radius 2 is 2.16 bits per heavy atom. The van der Waals surface area contributed by atoms with Gasteiger partial charge in [-0.15, -0.1) is 35.3 Å². The van der Waals surface area contributed by atoms with E-state index in [9.17, 15) is 0 Å². The Hall–Kier alpha value is -1.43. The van der Waals surface area contributed by atoms with Gasteiger partial charge in [-0.3, -0.25) is 4.90 Å². The molecule has 2 heterocycles. The minimum Gasteiger partial charge on any atom is -0.492 e. The predicted octanol–water partition coefficient (Wildman–Crippen LogP) is 3.38. The van der Waals surface area contributed by atoms with E-state index >= 15 is 0 Å². The van der Waals surface area contributed by atoms with E-state index in [1.807, 2.05) is 26.1 Å². The zero-order valence-electron chi connectivity index (χ0n) is 18.7. The Kier molecular flexibility index (Phi) is 11.6. The molecule has 7 nitrogen and oxygen atoms in total. The Morgan fingerprint density at radius 3 is 2.87 bits per heavy atom. The molecule has 0 bridgehead atoms. The topological polar surface area (TPSA) is 62.2 Å². The molecule has 0 spiro atoms. The van der Waals surface area contributed by atoms with Gasteiger partial charge in [-0.2, -0.15) is 0 Å². The van der Waals surface area contributed by atoms with E-state index in [-0.39, 0.29) is 24.0 Å². The number of thiazole rings is 1. The number of aromatic nitrogens is 1. The van der Waals surface area contributed by atoms with E-state index in [2.05, 4.69) is 44.5 Å². The molecule has 3 rings (SSSR count). The smallest absolute Gasteiger partial charge is 0.194 e. The quantitative estimate of drug-likeness (QED) is 0.289. The average Bonchev–Trinajstić information content (AvgIpc) is 3.16. The zero-order valence-corrected chi connectivity index (χ0v) is 21.8. The highest BCUT2D eigenvalue weighted by Crippen LogP contribution is 2.15. The maximum Gasteiger partial charge on any atom is 0.194 e. The zero-order chi connectivity index (χ0) is 21.2. The first-order valence-electron chi connectivity index (χ1n) is 10.6. The average molecular weight is 560 g/mol.